The Morgan fingerprint density at radius 3 is 1.52 bits per heavy atom. The standard InChI is InChI=1S/C69H125O9P/c1-10-12-14-16-18-20-22-24-26-28-30-32-34-36-38-40-62(71)75-52-56(78-63(72)41-39-37-35-33-31-29-27-25-23-21-19-17-15-13-11-2)53-76-79(73,74)77-54-69-49-44-57(55(3)4)64(69)58-42-43-60-66(7)47-46-61(70)65(5,6)59(66)45-48-68(60,9)67(58,8)50-51-69/h56-61,64,70H,3,10-54H2,1-2,4-9H3,(H,73,74)/t56-,57-,58?,59?,60?,61-,64?,66-,67+,68+,69+/m0/s1. The highest BCUT2D eigenvalue weighted by Gasteiger charge is 2.71. The van der Waals surface area contributed by atoms with E-state index >= 15 is 0 Å². The maximum absolute atomic E-state index is 14.0. The summed E-state index contributed by atoms with van der Waals surface area (Å²) in [4.78, 5) is 37.8. The van der Waals surface area contributed by atoms with E-state index in [2.05, 4.69) is 62.0 Å². The smallest absolute Gasteiger partial charge is 0.462 e. The molecule has 9 nitrogen and oxygen atoms in total. The van der Waals surface area contributed by atoms with Gasteiger partial charge in [0.1, 0.15) is 6.61 Å². The van der Waals surface area contributed by atoms with Crippen LogP contribution in [0.2, 0.25) is 0 Å². The highest BCUT2D eigenvalue weighted by atomic mass is 31.2. The van der Waals surface area contributed by atoms with Gasteiger partial charge in [0, 0.05) is 12.8 Å². The summed E-state index contributed by atoms with van der Waals surface area (Å²) >= 11 is 0. The van der Waals surface area contributed by atoms with Crippen molar-refractivity contribution in [3.8, 4) is 0 Å². The first-order valence-electron chi connectivity index (χ1n) is 34.1. The van der Waals surface area contributed by atoms with E-state index in [1.165, 1.54) is 173 Å². The van der Waals surface area contributed by atoms with Crippen molar-refractivity contribution in [2.75, 3.05) is 19.8 Å². The molecule has 5 aliphatic carbocycles. The summed E-state index contributed by atoms with van der Waals surface area (Å²) in [6.45, 7) is 23.2. The zero-order valence-electron chi connectivity index (χ0n) is 52.8. The van der Waals surface area contributed by atoms with Crippen molar-refractivity contribution in [2.24, 2.45) is 56.7 Å². The molecule has 79 heavy (non-hydrogen) atoms. The third kappa shape index (κ3) is 19.6. The quantitative estimate of drug-likeness (QED) is 0.0266. The second-order valence-corrected chi connectivity index (χ2v) is 30.1. The zero-order valence-corrected chi connectivity index (χ0v) is 53.7. The molecule has 0 aromatic carbocycles. The summed E-state index contributed by atoms with van der Waals surface area (Å²) in [7, 11) is -4.61. The number of phosphoric ester groups is 1. The average Bonchev–Trinajstić information content (AvgIpc) is 3.98. The van der Waals surface area contributed by atoms with Crippen LogP contribution in [0.4, 0.5) is 0 Å². The molecule has 5 rings (SSSR count). The third-order valence-corrected chi connectivity index (χ3v) is 23.8. The molecule has 0 heterocycles. The van der Waals surface area contributed by atoms with Crippen molar-refractivity contribution in [3.05, 3.63) is 12.2 Å². The van der Waals surface area contributed by atoms with Gasteiger partial charge in [0.15, 0.2) is 6.10 Å². The molecule has 0 aromatic rings. The third-order valence-electron chi connectivity index (χ3n) is 22.9. The SMILES string of the molecule is C=C(C)[C@@H]1CC[C@]2(COP(=O)(O)OC[C@H](COC(=O)CCCCCCCCCCCCCCCCC)OC(=O)CCCCCCCCCCCCCCCCC)CC[C@]3(C)C(CCC4[C@@]5(C)CC[C@H](O)C(C)(C)C5CC[C@]43C)C12. The second-order valence-electron chi connectivity index (χ2n) is 28.7. The van der Waals surface area contributed by atoms with Gasteiger partial charge in [-0.15, -0.1) is 0 Å². The number of hydrogen-bond donors (Lipinski definition) is 2. The van der Waals surface area contributed by atoms with Gasteiger partial charge in [-0.1, -0.05) is 240 Å². The number of aliphatic hydroxyl groups excluding tert-OH is 1. The summed E-state index contributed by atoms with van der Waals surface area (Å²) in [5, 5.41) is 11.2. The largest absolute Gasteiger partial charge is 0.472 e. The highest BCUT2D eigenvalue weighted by Crippen LogP contribution is 2.77. The van der Waals surface area contributed by atoms with Crippen molar-refractivity contribution in [3.63, 3.8) is 0 Å². The van der Waals surface area contributed by atoms with Gasteiger partial charge in [-0.05, 0) is 141 Å². The van der Waals surface area contributed by atoms with Crippen LogP contribution in [0, 0.1) is 56.7 Å². The highest BCUT2D eigenvalue weighted by molar-refractivity contribution is 7.47. The Morgan fingerprint density at radius 2 is 1.03 bits per heavy atom. The number of fused-ring (bicyclic) bond motifs is 7. The molecule has 5 saturated carbocycles. The number of aliphatic hydroxyl groups is 1. The molecule has 0 bridgehead atoms. The molecule has 5 aliphatic rings. The number of hydrogen-bond acceptors (Lipinski definition) is 8. The van der Waals surface area contributed by atoms with E-state index in [1.54, 1.807) is 0 Å². The second kappa shape index (κ2) is 34.0. The summed E-state index contributed by atoms with van der Waals surface area (Å²) in [6.07, 6.45) is 47.1. The Hall–Kier alpha value is -1.25. The van der Waals surface area contributed by atoms with E-state index < -0.39 is 26.5 Å². The van der Waals surface area contributed by atoms with Crippen molar-refractivity contribution >= 4 is 19.8 Å². The Bertz CT molecular complexity index is 1820. The normalized spacial score (nSPS) is 31.1. The maximum Gasteiger partial charge on any atom is 0.472 e. The fraction of sp³-hybridized carbons (Fsp3) is 0.942. The molecule has 10 heteroatoms. The van der Waals surface area contributed by atoms with Gasteiger partial charge in [-0.2, -0.15) is 0 Å². The summed E-state index contributed by atoms with van der Waals surface area (Å²) in [5.74, 6) is 1.38. The number of allylic oxidation sites excluding steroid dienone is 1. The Morgan fingerprint density at radius 1 is 0.544 bits per heavy atom. The van der Waals surface area contributed by atoms with Crippen molar-refractivity contribution < 1.29 is 42.7 Å². The number of phosphoric acid groups is 1. The van der Waals surface area contributed by atoms with Gasteiger partial charge >= 0.3 is 19.8 Å². The molecule has 5 unspecified atom stereocenters. The molecule has 2 N–H and O–H groups in total. The van der Waals surface area contributed by atoms with Gasteiger partial charge < -0.3 is 19.5 Å². The van der Waals surface area contributed by atoms with Crippen LogP contribution < -0.4 is 0 Å². The van der Waals surface area contributed by atoms with Crippen LogP contribution >= 0.6 is 7.82 Å². The minimum atomic E-state index is -4.61. The number of rotatable bonds is 42. The number of unbranched alkanes of at least 4 members (excludes halogenated alkanes) is 28. The fourth-order valence-corrected chi connectivity index (χ4v) is 18.7. The molecule has 0 aliphatic heterocycles. The molecule has 0 radical (unpaired) electrons. The lowest BCUT2D eigenvalue weighted by molar-refractivity contribution is -0.249. The lowest BCUT2D eigenvalue weighted by Crippen LogP contribution is -2.66. The lowest BCUT2D eigenvalue weighted by atomic mass is 9.32. The Labute approximate surface area is 486 Å². The van der Waals surface area contributed by atoms with Crippen LogP contribution in [-0.2, 0) is 32.7 Å². The van der Waals surface area contributed by atoms with Crippen LogP contribution in [0.1, 0.15) is 325 Å². The molecule has 12 atom stereocenters. The zero-order chi connectivity index (χ0) is 57.4. The van der Waals surface area contributed by atoms with Crippen LogP contribution in [0.25, 0.3) is 0 Å². The van der Waals surface area contributed by atoms with Gasteiger partial charge in [-0.3, -0.25) is 18.6 Å². The molecular weight excluding hydrogens is 1000 g/mol. The van der Waals surface area contributed by atoms with Crippen molar-refractivity contribution in [1.29, 1.82) is 0 Å². The average molecular weight is 1130 g/mol. The Kier molecular flexibility index (Phi) is 29.5. The Balaban J connectivity index is 1.10. The minimum Gasteiger partial charge on any atom is -0.462 e. The summed E-state index contributed by atoms with van der Waals surface area (Å²) in [5.41, 5.74) is 1.27. The summed E-state index contributed by atoms with van der Waals surface area (Å²) < 4.78 is 37.5. The van der Waals surface area contributed by atoms with E-state index in [4.69, 9.17) is 18.5 Å². The van der Waals surface area contributed by atoms with Crippen molar-refractivity contribution in [2.45, 2.75) is 337 Å². The predicted octanol–water partition coefficient (Wildman–Crippen LogP) is 20.1. The van der Waals surface area contributed by atoms with E-state index in [-0.39, 0.29) is 71.1 Å². The molecule has 0 amide bonds. The lowest BCUT2D eigenvalue weighted by Gasteiger charge is -2.73. The van der Waals surface area contributed by atoms with Gasteiger partial charge in [-0.25, -0.2) is 4.57 Å². The fourth-order valence-electron chi connectivity index (χ4n) is 17.9. The van der Waals surface area contributed by atoms with Gasteiger partial charge in [0.25, 0.3) is 0 Å². The molecule has 460 valence electrons. The van der Waals surface area contributed by atoms with Crippen LogP contribution in [0.15, 0.2) is 12.2 Å². The summed E-state index contributed by atoms with van der Waals surface area (Å²) in [6, 6.07) is 0. The molecular formula is C69H125O9P. The molecule has 0 aromatic heterocycles. The minimum absolute atomic E-state index is 0.0927. The molecule has 0 saturated heterocycles. The topological polar surface area (TPSA) is 129 Å². The first kappa shape index (κ1) is 68.5. The predicted molar refractivity (Wildman–Crippen MR) is 327 cm³/mol. The first-order valence-corrected chi connectivity index (χ1v) is 35.6. The monoisotopic (exact) mass is 1130 g/mol. The number of ether oxygens (including phenoxy) is 2. The van der Waals surface area contributed by atoms with Crippen LogP contribution in [0.3, 0.4) is 0 Å². The van der Waals surface area contributed by atoms with E-state index in [0.29, 0.717) is 30.1 Å². The molecule has 0 spiro atoms. The number of carbonyl (C=O) groups excluding carboxylic acids is 2. The van der Waals surface area contributed by atoms with Crippen LogP contribution in [0.5, 0.6) is 0 Å². The first-order chi connectivity index (χ1) is 37.8. The van der Waals surface area contributed by atoms with E-state index in [1.807, 2.05) is 0 Å². The number of esters is 2. The van der Waals surface area contributed by atoms with Crippen LogP contribution in [-0.4, -0.2) is 54.0 Å². The van der Waals surface area contributed by atoms with Gasteiger partial charge in [0.2, 0.25) is 0 Å². The van der Waals surface area contributed by atoms with Crippen molar-refractivity contribution in [1.82, 2.24) is 0 Å². The maximum atomic E-state index is 14.0. The number of carbonyl (C=O) groups is 2. The van der Waals surface area contributed by atoms with E-state index in [9.17, 15) is 24.2 Å². The molecule has 5 fully saturated rings. The van der Waals surface area contributed by atoms with Gasteiger partial charge in [0.05, 0.1) is 19.3 Å². The van der Waals surface area contributed by atoms with E-state index in [0.717, 1.165) is 83.5 Å².